The molecule has 0 aromatic carbocycles. The molecule has 4 heteroatoms. The van der Waals surface area contributed by atoms with Gasteiger partial charge in [-0.1, -0.05) is 18.9 Å². The summed E-state index contributed by atoms with van der Waals surface area (Å²) in [5.74, 6) is -0.925. The fourth-order valence-electron chi connectivity index (χ4n) is 2.86. The highest BCUT2D eigenvalue weighted by molar-refractivity contribution is 7.09. The monoisotopic (exact) mass is 267 g/mol. The predicted octanol–water partition coefficient (Wildman–Crippen LogP) is 0.606. The smallest absolute Gasteiger partial charge is 0.118 e. The number of hydrogen-bond donors (Lipinski definition) is 1. The minimum atomic E-state index is -0.925. The highest BCUT2D eigenvalue weighted by Crippen LogP contribution is 2.16. The fourth-order valence-corrected chi connectivity index (χ4v) is 3.62. The Bertz CT molecular complexity index is 356. The van der Waals surface area contributed by atoms with Crippen molar-refractivity contribution in [2.24, 2.45) is 0 Å². The first-order valence-electron chi connectivity index (χ1n) is 6.82. The van der Waals surface area contributed by atoms with Crippen molar-refractivity contribution in [2.45, 2.75) is 51.1 Å². The third-order valence-corrected chi connectivity index (χ3v) is 4.66. The maximum Gasteiger partial charge on any atom is 0.118 e. The van der Waals surface area contributed by atoms with Crippen molar-refractivity contribution in [3.8, 4) is 0 Å². The lowest BCUT2D eigenvalue weighted by molar-refractivity contribution is -0.933. The Morgan fingerprint density at radius 3 is 2.61 bits per heavy atom. The van der Waals surface area contributed by atoms with E-state index in [9.17, 15) is 9.90 Å². The highest BCUT2D eigenvalue weighted by Gasteiger charge is 2.24. The Balaban J connectivity index is 2.00. The Kier molecular flexibility index (Phi) is 5.20. The van der Waals surface area contributed by atoms with Crippen LogP contribution in [0.25, 0.3) is 0 Å². The Hall–Kier alpha value is -0.870. The number of carboxylic acid groups (broad SMARTS) is 1. The first-order valence-corrected chi connectivity index (χ1v) is 7.70. The number of hydrogen-bond acceptors (Lipinski definition) is 3. The average Bonchev–Trinajstić information content (AvgIpc) is 2.68. The summed E-state index contributed by atoms with van der Waals surface area (Å²) >= 11 is 1.71. The maximum absolute atomic E-state index is 10.9. The van der Waals surface area contributed by atoms with Crippen LogP contribution in [0.1, 0.15) is 43.4 Å². The van der Waals surface area contributed by atoms with Crippen molar-refractivity contribution in [3.63, 3.8) is 0 Å². The summed E-state index contributed by atoms with van der Waals surface area (Å²) < 4.78 is 0. The first kappa shape index (κ1) is 13.6. The second kappa shape index (κ2) is 6.90. The van der Waals surface area contributed by atoms with Gasteiger partial charge in [0.25, 0.3) is 0 Å². The zero-order valence-electron chi connectivity index (χ0n) is 10.7. The summed E-state index contributed by atoms with van der Waals surface area (Å²) in [6, 6.07) is 4.62. The van der Waals surface area contributed by atoms with E-state index >= 15 is 0 Å². The van der Waals surface area contributed by atoms with Crippen LogP contribution in [-0.2, 0) is 11.3 Å². The molecule has 1 N–H and O–H groups in total. The molecule has 1 aliphatic rings. The second-order valence-electron chi connectivity index (χ2n) is 5.15. The van der Waals surface area contributed by atoms with Crippen LogP contribution in [-0.4, -0.2) is 18.6 Å². The fraction of sp³-hybridized carbons (Fsp3) is 0.643. The van der Waals surface area contributed by atoms with E-state index in [1.165, 1.54) is 35.5 Å². The van der Waals surface area contributed by atoms with Gasteiger partial charge in [0.1, 0.15) is 13.1 Å². The van der Waals surface area contributed by atoms with Crippen LogP contribution in [0.2, 0.25) is 0 Å². The minimum Gasteiger partial charge on any atom is -0.544 e. The molecule has 1 aliphatic carbocycles. The van der Waals surface area contributed by atoms with Gasteiger partial charge in [0.15, 0.2) is 0 Å². The summed E-state index contributed by atoms with van der Waals surface area (Å²) in [7, 11) is 0. The number of quaternary nitrogens is 1. The second-order valence-corrected chi connectivity index (χ2v) is 6.18. The van der Waals surface area contributed by atoms with Gasteiger partial charge in [-0.25, -0.2) is 0 Å². The molecule has 0 spiro atoms. The van der Waals surface area contributed by atoms with Gasteiger partial charge in [-0.3, -0.25) is 0 Å². The van der Waals surface area contributed by atoms with Gasteiger partial charge in [0, 0.05) is 0 Å². The standard InChI is InChI=1S/C14H21NO2S/c16-14(17)11-15(10-13-8-5-9-18-13)12-6-3-1-2-4-7-12/h5,8-9,12H,1-4,6-7,10-11H2,(H,16,17). The Labute approximate surface area is 112 Å². The number of rotatable bonds is 5. The Morgan fingerprint density at radius 1 is 1.33 bits per heavy atom. The van der Waals surface area contributed by atoms with E-state index in [1.807, 2.05) is 6.07 Å². The van der Waals surface area contributed by atoms with Gasteiger partial charge >= 0.3 is 0 Å². The number of carbonyl (C=O) groups excluding carboxylic acids is 1. The molecule has 1 aromatic rings. The van der Waals surface area contributed by atoms with Gasteiger partial charge < -0.3 is 14.8 Å². The van der Waals surface area contributed by atoms with Crippen LogP contribution >= 0.6 is 11.3 Å². The zero-order chi connectivity index (χ0) is 12.8. The van der Waals surface area contributed by atoms with E-state index in [1.54, 1.807) is 11.3 Å². The van der Waals surface area contributed by atoms with Crippen LogP contribution in [0, 0.1) is 0 Å². The van der Waals surface area contributed by atoms with Gasteiger partial charge in [-0.15, -0.1) is 11.3 Å². The van der Waals surface area contributed by atoms with Crippen LogP contribution in [0.3, 0.4) is 0 Å². The molecule has 18 heavy (non-hydrogen) atoms. The number of carbonyl (C=O) groups is 1. The summed E-state index contributed by atoms with van der Waals surface area (Å²) in [4.78, 5) is 13.4. The molecule has 1 fully saturated rings. The third kappa shape index (κ3) is 4.10. The zero-order valence-corrected chi connectivity index (χ0v) is 11.5. The minimum absolute atomic E-state index is 0.141. The molecule has 1 heterocycles. The molecule has 1 atom stereocenters. The molecule has 2 rings (SSSR count). The van der Waals surface area contributed by atoms with Crippen LogP contribution in [0.5, 0.6) is 0 Å². The summed E-state index contributed by atoms with van der Waals surface area (Å²) in [6.07, 6.45) is 7.40. The quantitative estimate of drug-likeness (QED) is 0.794. The van der Waals surface area contributed by atoms with E-state index in [2.05, 4.69) is 11.4 Å². The van der Waals surface area contributed by atoms with E-state index in [0.717, 1.165) is 19.4 Å². The van der Waals surface area contributed by atoms with Crippen LogP contribution in [0.15, 0.2) is 17.5 Å². The molecule has 1 aromatic heterocycles. The summed E-state index contributed by atoms with van der Waals surface area (Å²) in [5.41, 5.74) is 0. The summed E-state index contributed by atoms with van der Waals surface area (Å²) in [6.45, 7) is 0.971. The van der Waals surface area contributed by atoms with Gasteiger partial charge in [0.2, 0.25) is 0 Å². The van der Waals surface area contributed by atoms with Crippen molar-refractivity contribution >= 4 is 17.3 Å². The SMILES string of the molecule is O=C([O-])C[NH+](Cc1cccs1)C1CCCCCC1. The van der Waals surface area contributed by atoms with E-state index in [-0.39, 0.29) is 6.54 Å². The number of thiophene rings is 1. The van der Waals surface area contributed by atoms with E-state index in [0.29, 0.717) is 6.04 Å². The average molecular weight is 267 g/mol. The van der Waals surface area contributed by atoms with Crippen molar-refractivity contribution in [1.82, 2.24) is 0 Å². The van der Waals surface area contributed by atoms with Crippen LogP contribution in [0.4, 0.5) is 0 Å². The first-order chi connectivity index (χ1) is 8.75. The normalized spacial score (nSPS) is 19.3. The maximum atomic E-state index is 10.9. The molecule has 1 unspecified atom stereocenters. The van der Waals surface area contributed by atoms with Crippen LogP contribution < -0.4 is 10.0 Å². The topological polar surface area (TPSA) is 44.6 Å². The molecular formula is C14H21NO2S. The lowest BCUT2D eigenvalue weighted by atomic mass is 10.1. The number of aliphatic carboxylic acids is 1. The number of nitrogens with one attached hydrogen (secondary N) is 1. The molecule has 0 aliphatic heterocycles. The lowest BCUT2D eigenvalue weighted by Gasteiger charge is -2.28. The largest absolute Gasteiger partial charge is 0.544 e. The summed E-state index contributed by atoms with van der Waals surface area (Å²) in [5, 5.41) is 13.0. The van der Waals surface area contributed by atoms with Crippen molar-refractivity contribution in [1.29, 1.82) is 0 Å². The van der Waals surface area contributed by atoms with Crippen molar-refractivity contribution in [2.75, 3.05) is 6.54 Å². The molecule has 1 saturated carbocycles. The molecule has 3 nitrogen and oxygen atoms in total. The van der Waals surface area contributed by atoms with E-state index < -0.39 is 5.97 Å². The lowest BCUT2D eigenvalue weighted by Crippen LogP contribution is -3.15. The molecule has 0 saturated heterocycles. The number of carboxylic acids is 1. The van der Waals surface area contributed by atoms with Crippen molar-refractivity contribution < 1.29 is 14.8 Å². The van der Waals surface area contributed by atoms with E-state index in [4.69, 9.17) is 0 Å². The highest BCUT2D eigenvalue weighted by atomic mass is 32.1. The van der Waals surface area contributed by atoms with Gasteiger partial charge in [-0.05, 0) is 37.1 Å². The third-order valence-electron chi connectivity index (χ3n) is 3.79. The molecule has 100 valence electrons. The van der Waals surface area contributed by atoms with Gasteiger partial charge in [0.05, 0.1) is 16.9 Å². The Morgan fingerprint density at radius 2 is 2.06 bits per heavy atom. The predicted molar refractivity (Wildman–Crippen MR) is 70.3 cm³/mol. The molecule has 0 radical (unpaired) electrons. The molecular weight excluding hydrogens is 246 g/mol. The van der Waals surface area contributed by atoms with Crippen molar-refractivity contribution in [3.05, 3.63) is 22.4 Å². The van der Waals surface area contributed by atoms with Gasteiger partial charge in [-0.2, -0.15) is 0 Å². The molecule has 0 bridgehead atoms. The molecule has 0 amide bonds.